The van der Waals surface area contributed by atoms with Gasteiger partial charge in [-0.2, -0.15) is 0 Å². The molecule has 1 heterocycles. The van der Waals surface area contributed by atoms with Crippen LogP contribution in [0.15, 0.2) is 31.0 Å². The lowest BCUT2D eigenvalue weighted by Crippen LogP contribution is -2.23. The van der Waals surface area contributed by atoms with Crippen molar-refractivity contribution in [3.8, 4) is 5.75 Å². The third-order valence-electron chi connectivity index (χ3n) is 2.98. The fourth-order valence-electron chi connectivity index (χ4n) is 1.80. The van der Waals surface area contributed by atoms with Crippen molar-refractivity contribution in [2.45, 2.75) is 19.1 Å². The lowest BCUT2D eigenvalue weighted by atomic mass is 10.2. The van der Waals surface area contributed by atoms with Crippen molar-refractivity contribution in [1.82, 2.24) is 5.32 Å². The molecule has 0 saturated heterocycles. The summed E-state index contributed by atoms with van der Waals surface area (Å²) in [6.45, 7) is 5.00. The number of rotatable bonds is 8. The Balaban J connectivity index is 1.79. The van der Waals surface area contributed by atoms with Crippen LogP contribution in [0.4, 0.5) is 4.39 Å². The molecule has 7 heteroatoms. The highest BCUT2D eigenvalue weighted by atomic mass is 31.2. The number of halogens is 1. The Hall–Kier alpha value is -1.20. The van der Waals surface area contributed by atoms with Crippen LogP contribution in [-0.2, 0) is 20.4 Å². The van der Waals surface area contributed by atoms with Gasteiger partial charge in [0.15, 0.2) is 0 Å². The van der Waals surface area contributed by atoms with E-state index in [0.29, 0.717) is 17.9 Å². The Kier molecular flexibility index (Phi) is 6.39. The number of hydrogen-bond acceptors (Lipinski definition) is 5. The van der Waals surface area contributed by atoms with Gasteiger partial charge in [0.25, 0.3) is 0 Å². The Bertz CT molecular complexity index is 474. The van der Waals surface area contributed by atoms with Gasteiger partial charge in [-0.3, -0.25) is 9.05 Å². The standard InChI is InChI=1S/C14H19FNO4P/c1-3-16-7-6-13(17-2)10-19-21-18-9-11-8-12(15)4-5-14(11)20-21/h3-5,8,13,16H,1,6-7,9-10H2,2H3. The summed E-state index contributed by atoms with van der Waals surface area (Å²) in [6.07, 6.45) is 2.37. The number of methoxy groups -OCH3 is 1. The van der Waals surface area contributed by atoms with Crippen molar-refractivity contribution in [2.75, 3.05) is 20.3 Å². The molecule has 0 amide bonds. The van der Waals surface area contributed by atoms with Gasteiger partial charge in [0.1, 0.15) is 11.6 Å². The second-order valence-electron chi connectivity index (χ2n) is 4.44. The molecule has 0 fully saturated rings. The summed E-state index contributed by atoms with van der Waals surface area (Å²) in [5.41, 5.74) is 0.691. The highest BCUT2D eigenvalue weighted by molar-refractivity contribution is 7.42. The normalized spacial score (nSPS) is 18.5. The zero-order valence-electron chi connectivity index (χ0n) is 11.9. The van der Waals surface area contributed by atoms with E-state index in [0.717, 1.165) is 13.0 Å². The van der Waals surface area contributed by atoms with Crippen molar-refractivity contribution in [3.63, 3.8) is 0 Å². The Morgan fingerprint density at radius 3 is 3.19 bits per heavy atom. The molecule has 0 aliphatic carbocycles. The van der Waals surface area contributed by atoms with E-state index < -0.39 is 8.60 Å². The van der Waals surface area contributed by atoms with Gasteiger partial charge in [-0.1, -0.05) is 6.58 Å². The topological polar surface area (TPSA) is 49.0 Å². The van der Waals surface area contributed by atoms with E-state index in [-0.39, 0.29) is 18.5 Å². The van der Waals surface area contributed by atoms with E-state index >= 15 is 0 Å². The minimum Gasteiger partial charge on any atom is -0.426 e. The zero-order chi connectivity index (χ0) is 15.1. The first kappa shape index (κ1) is 16.2. The molecule has 5 nitrogen and oxygen atoms in total. The van der Waals surface area contributed by atoms with E-state index in [1.54, 1.807) is 19.4 Å². The van der Waals surface area contributed by atoms with Crippen LogP contribution in [0.5, 0.6) is 5.75 Å². The van der Waals surface area contributed by atoms with E-state index in [1.807, 2.05) is 0 Å². The number of fused-ring (bicyclic) bond motifs is 1. The molecule has 1 aromatic carbocycles. The number of ether oxygens (including phenoxy) is 1. The van der Waals surface area contributed by atoms with Crippen LogP contribution in [0.2, 0.25) is 0 Å². The summed E-state index contributed by atoms with van der Waals surface area (Å²) in [7, 11) is 0.167. The van der Waals surface area contributed by atoms with E-state index in [2.05, 4.69) is 11.9 Å². The fourth-order valence-corrected chi connectivity index (χ4v) is 2.85. The summed E-state index contributed by atoms with van der Waals surface area (Å²) in [4.78, 5) is 0. The number of hydrogen-bond donors (Lipinski definition) is 1. The van der Waals surface area contributed by atoms with Gasteiger partial charge in [0.2, 0.25) is 0 Å². The van der Waals surface area contributed by atoms with Crippen LogP contribution in [0.1, 0.15) is 12.0 Å². The summed E-state index contributed by atoms with van der Waals surface area (Å²) in [5.74, 6) is 0.304. The predicted molar refractivity (Wildman–Crippen MR) is 78.3 cm³/mol. The van der Waals surface area contributed by atoms with Crippen molar-refractivity contribution >= 4 is 8.60 Å². The second kappa shape index (κ2) is 8.29. The molecule has 0 saturated carbocycles. The Labute approximate surface area is 125 Å². The van der Waals surface area contributed by atoms with E-state index in [4.69, 9.17) is 18.3 Å². The summed E-state index contributed by atoms with van der Waals surface area (Å²) in [6, 6.07) is 4.35. The molecular formula is C14H19FNO4P. The SMILES string of the molecule is C=CNCCC(COP1OCc2cc(F)ccc2O1)OC. The summed E-state index contributed by atoms with van der Waals surface area (Å²) < 4.78 is 35.0. The molecule has 2 unspecified atom stereocenters. The maximum absolute atomic E-state index is 13.1. The van der Waals surface area contributed by atoms with Gasteiger partial charge in [-0.25, -0.2) is 4.39 Å². The maximum Gasteiger partial charge on any atom is 0.397 e. The van der Waals surface area contributed by atoms with Crippen molar-refractivity contribution in [3.05, 3.63) is 42.4 Å². The van der Waals surface area contributed by atoms with Crippen molar-refractivity contribution in [1.29, 1.82) is 0 Å². The van der Waals surface area contributed by atoms with Crippen LogP contribution in [0.3, 0.4) is 0 Å². The molecule has 21 heavy (non-hydrogen) atoms. The van der Waals surface area contributed by atoms with Crippen LogP contribution in [0, 0.1) is 5.82 Å². The third kappa shape index (κ3) is 4.93. The molecule has 1 aromatic rings. The smallest absolute Gasteiger partial charge is 0.397 e. The Morgan fingerprint density at radius 2 is 2.43 bits per heavy atom. The lowest BCUT2D eigenvalue weighted by molar-refractivity contribution is 0.0436. The minimum atomic E-state index is -1.47. The first-order valence-corrected chi connectivity index (χ1v) is 7.72. The molecule has 1 aliphatic rings. The average Bonchev–Trinajstić information content (AvgIpc) is 2.50. The second-order valence-corrected chi connectivity index (χ2v) is 5.59. The number of nitrogens with one attached hydrogen (secondary N) is 1. The molecule has 2 rings (SSSR count). The molecule has 0 spiro atoms. The molecule has 1 N–H and O–H groups in total. The average molecular weight is 315 g/mol. The highest BCUT2D eigenvalue weighted by Gasteiger charge is 2.24. The van der Waals surface area contributed by atoms with E-state index in [1.165, 1.54) is 12.1 Å². The molecule has 0 radical (unpaired) electrons. The summed E-state index contributed by atoms with van der Waals surface area (Å²) in [5, 5.41) is 3.00. The van der Waals surface area contributed by atoms with Crippen LogP contribution >= 0.6 is 8.60 Å². The van der Waals surface area contributed by atoms with Gasteiger partial charge in [0.05, 0.1) is 19.3 Å². The van der Waals surface area contributed by atoms with Gasteiger partial charge in [-0.15, -0.1) is 0 Å². The van der Waals surface area contributed by atoms with Crippen molar-refractivity contribution in [2.24, 2.45) is 0 Å². The molecule has 2 atom stereocenters. The van der Waals surface area contributed by atoms with Gasteiger partial charge < -0.3 is 14.6 Å². The van der Waals surface area contributed by atoms with Gasteiger partial charge in [-0.05, 0) is 30.8 Å². The van der Waals surface area contributed by atoms with Gasteiger partial charge in [0, 0.05) is 19.2 Å². The lowest BCUT2D eigenvalue weighted by Gasteiger charge is -2.25. The molecule has 0 aromatic heterocycles. The summed E-state index contributed by atoms with van der Waals surface area (Å²) >= 11 is 0. The predicted octanol–water partition coefficient (Wildman–Crippen LogP) is 3.12. The zero-order valence-corrected chi connectivity index (χ0v) is 12.8. The molecule has 0 bridgehead atoms. The highest BCUT2D eigenvalue weighted by Crippen LogP contribution is 2.47. The first-order chi connectivity index (χ1) is 10.2. The van der Waals surface area contributed by atoms with Gasteiger partial charge >= 0.3 is 8.60 Å². The Morgan fingerprint density at radius 1 is 1.57 bits per heavy atom. The van der Waals surface area contributed by atoms with Crippen LogP contribution in [0.25, 0.3) is 0 Å². The monoisotopic (exact) mass is 315 g/mol. The minimum absolute atomic E-state index is 0.0539. The first-order valence-electron chi connectivity index (χ1n) is 6.62. The van der Waals surface area contributed by atoms with Crippen LogP contribution < -0.4 is 9.84 Å². The number of benzene rings is 1. The van der Waals surface area contributed by atoms with E-state index in [9.17, 15) is 4.39 Å². The third-order valence-corrected chi connectivity index (χ3v) is 4.02. The molecular weight excluding hydrogens is 296 g/mol. The molecule has 1 aliphatic heterocycles. The largest absolute Gasteiger partial charge is 0.426 e. The fraction of sp³-hybridized carbons (Fsp3) is 0.429. The molecule has 116 valence electrons. The quantitative estimate of drug-likeness (QED) is 0.590. The maximum atomic E-state index is 13.1. The van der Waals surface area contributed by atoms with Crippen molar-refractivity contribution < 1.29 is 22.7 Å². The van der Waals surface area contributed by atoms with Crippen LogP contribution in [-0.4, -0.2) is 26.4 Å².